The Morgan fingerprint density at radius 3 is 2.55 bits per heavy atom. The third kappa shape index (κ3) is 3.80. The highest BCUT2D eigenvalue weighted by molar-refractivity contribution is 7.99. The minimum absolute atomic E-state index is 0.332. The zero-order valence-electron chi connectivity index (χ0n) is 12.1. The van der Waals surface area contributed by atoms with Gasteiger partial charge in [0, 0.05) is 0 Å². The first kappa shape index (κ1) is 16.8. The van der Waals surface area contributed by atoms with Gasteiger partial charge in [-0.1, -0.05) is 6.07 Å². The SMILES string of the molecule is CC(NC(=O)c1cccs1)C(=O)NC1(C(=O)O)CCSCC1. The van der Waals surface area contributed by atoms with E-state index < -0.39 is 23.5 Å². The molecule has 8 heteroatoms. The molecule has 2 heterocycles. The van der Waals surface area contributed by atoms with Gasteiger partial charge in [0.05, 0.1) is 4.88 Å². The van der Waals surface area contributed by atoms with Crippen LogP contribution in [0.3, 0.4) is 0 Å². The highest BCUT2D eigenvalue weighted by Gasteiger charge is 2.42. The van der Waals surface area contributed by atoms with Crippen molar-refractivity contribution in [3.8, 4) is 0 Å². The van der Waals surface area contributed by atoms with Crippen LogP contribution in [0, 0.1) is 0 Å². The van der Waals surface area contributed by atoms with Crippen molar-refractivity contribution < 1.29 is 19.5 Å². The summed E-state index contributed by atoms with van der Waals surface area (Å²) in [6, 6.07) is 2.63. The molecule has 0 spiro atoms. The van der Waals surface area contributed by atoms with Crippen molar-refractivity contribution in [2.24, 2.45) is 0 Å². The van der Waals surface area contributed by atoms with E-state index in [1.54, 1.807) is 36.2 Å². The monoisotopic (exact) mass is 342 g/mol. The highest BCUT2D eigenvalue weighted by Crippen LogP contribution is 2.27. The maximum Gasteiger partial charge on any atom is 0.329 e. The second kappa shape index (κ2) is 7.15. The molecule has 2 amide bonds. The number of hydrogen-bond donors (Lipinski definition) is 3. The fraction of sp³-hybridized carbons (Fsp3) is 0.500. The Kier molecular flexibility index (Phi) is 5.47. The van der Waals surface area contributed by atoms with Crippen molar-refractivity contribution in [3.63, 3.8) is 0 Å². The van der Waals surface area contributed by atoms with Gasteiger partial charge in [-0.3, -0.25) is 9.59 Å². The summed E-state index contributed by atoms with van der Waals surface area (Å²) in [5, 5.41) is 16.4. The summed E-state index contributed by atoms with van der Waals surface area (Å²) in [5.74, 6) is -0.427. The average Bonchev–Trinajstić information content (AvgIpc) is 3.02. The first-order valence-corrected chi connectivity index (χ1v) is 8.95. The van der Waals surface area contributed by atoms with Crippen LogP contribution in [0.5, 0.6) is 0 Å². The molecule has 1 aromatic heterocycles. The minimum atomic E-state index is -1.22. The maximum atomic E-state index is 12.2. The average molecular weight is 342 g/mol. The molecule has 1 fully saturated rings. The van der Waals surface area contributed by atoms with Crippen molar-refractivity contribution in [3.05, 3.63) is 22.4 Å². The standard InChI is InChI=1S/C14H18N2O4S2/c1-9(15-12(18)10-3-2-6-22-10)11(17)16-14(13(19)20)4-7-21-8-5-14/h2-3,6,9H,4-5,7-8H2,1H3,(H,15,18)(H,16,17)(H,19,20). The Balaban J connectivity index is 1.97. The molecular formula is C14H18N2O4S2. The first-order valence-electron chi connectivity index (χ1n) is 6.92. The molecule has 6 nitrogen and oxygen atoms in total. The van der Waals surface area contributed by atoms with E-state index in [1.807, 2.05) is 0 Å². The van der Waals surface area contributed by atoms with Crippen LogP contribution in [0.4, 0.5) is 0 Å². The Hall–Kier alpha value is -1.54. The summed E-state index contributed by atoms with van der Waals surface area (Å²) >= 11 is 2.96. The van der Waals surface area contributed by atoms with Crippen molar-refractivity contribution in [1.82, 2.24) is 10.6 Å². The molecule has 3 N–H and O–H groups in total. The Labute approximate surface area is 136 Å². The van der Waals surface area contributed by atoms with E-state index in [9.17, 15) is 19.5 Å². The number of rotatable bonds is 5. The third-order valence-electron chi connectivity index (χ3n) is 3.60. The number of hydrogen-bond acceptors (Lipinski definition) is 5. The van der Waals surface area contributed by atoms with Gasteiger partial charge >= 0.3 is 5.97 Å². The zero-order valence-corrected chi connectivity index (χ0v) is 13.8. The Morgan fingerprint density at radius 2 is 2.00 bits per heavy atom. The summed E-state index contributed by atoms with van der Waals surface area (Å²) in [6.07, 6.45) is 0.786. The second-order valence-electron chi connectivity index (χ2n) is 5.16. The number of carboxylic acid groups (broad SMARTS) is 1. The predicted octanol–water partition coefficient (Wildman–Crippen LogP) is 1.33. The van der Waals surface area contributed by atoms with Crippen LogP contribution in [0.25, 0.3) is 0 Å². The molecule has 0 bridgehead atoms. The predicted molar refractivity (Wildman–Crippen MR) is 86.3 cm³/mol. The minimum Gasteiger partial charge on any atom is -0.480 e. The number of aliphatic carboxylic acids is 1. The van der Waals surface area contributed by atoms with Crippen LogP contribution in [0.2, 0.25) is 0 Å². The molecule has 120 valence electrons. The van der Waals surface area contributed by atoms with Gasteiger partial charge in [-0.05, 0) is 42.7 Å². The van der Waals surface area contributed by atoms with E-state index in [0.29, 0.717) is 29.2 Å². The van der Waals surface area contributed by atoms with Crippen molar-refractivity contribution in [1.29, 1.82) is 0 Å². The topological polar surface area (TPSA) is 95.5 Å². The Morgan fingerprint density at radius 1 is 1.32 bits per heavy atom. The number of carbonyl (C=O) groups excluding carboxylic acids is 2. The van der Waals surface area contributed by atoms with Gasteiger partial charge in [-0.2, -0.15) is 11.8 Å². The second-order valence-corrected chi connectivity index (χ2v) is 7.33. The van der Waals surface area contributed by atoms with Crippen molar-refractivity contribution in [2.75, 3.05) is 11.5 Å². The molecule has 0 saturated carbocycles. The van der Waals surface area contributed by atoms with E-state index in [2.05, 4.69) is 10.6 Å². The van der Waals surface area contributed by atoms with Crippen molar-refractivity contribution >= 4 is 40.9 Å². The van der Waals surface area contributed by atoms with E-state index in [1.165, 1.54) is 11.3 Å². The molecule has 22 heavy (non-hydrogen) atoms. The van der Waals surface area contributed by atoms with Gasteiger partial charge in [0.15, 0.2) is 0 Å². The molecule has 0 radical (unpaired) electrons. The van der Waals surface area contributed by atoms with Gasteiger partial charge in [0.1, 0.15) is 11.6 Å². The van der Waals surface area contributed by atoms with Crippen LogP contribution < -0.4 is 10.6 Å². The lowest BCUT2D eigenvalue weighted by Gasteiger charge is -2.34. The van der Waals surface area contributed by atoms with Crippen LogP contribution >= 0.6 is 23.1 Å². The number of nitrogens with one attached hydrogen (secondary N) is 2. The fourth-order valence-electron chi connectivity index (χ4n) is 2.20. The van der Waals surface area contributed by atoms with Gasteiger partial charge in [0.25, 0.3) is 5.91 Å². The van der Waals surface area contributed by atoms with Crippen LogP contribution in [0.1, 0.15) is 29.4 Å². The molecule has 1 unspecified atom stereocenters. The molecular weight excluding hydrogens is 324 g/mol. The lowest BCUT2D eigenvalue weighted by Crippen LogP contribution is -2.60. The summed E-state index contributed by atoms with van der Waals surface area (Å²) in [5.41, 5.74) is -1.22. The molecule has 1 aliphatic rings. The molecule has 1 aliphatic heterocycles. The molecule has 0 aromatic carbocycles. The number of thioether (sulfide) groups is 1. The third-order valence-corrected chi connectivity index (χ3v) is 5.46. The quantitative estimate of drug-likeness (QED) is 0.750. The maximum absolute atomic E-state index is 12.2. The smallest absolute Gasteiger partial charge is 0.329 e. The molecule has 1 saturated heterocycles. The van der Waals surface area contributed by atoms with Gasteiger partial charge in [-0.25, -0.2) is 4.79 Å². The lowest BCUT2D eigenvalue weighted by molar-refractivity contribution is -0.148. The summed E-state index contributed by atoms with van der Waals surface area (Å²) in [4.78, 5) is 36.2. The van der Waals surface area contributed by atoms with Gasteiger partial charge in [-0.15, -0.1) is 11.3 Å². The molecule has 0 aliphatic carbocycles. The molecule has 1 atom stereocenters. The normalized spacial score (nSPS) is 18.2. The molecule has 2 rings (SSSR count). The van der Waals surface area contributed by atoms with E-state index in [0.717, 1.165) is 0 Å². The zero-order chi connectivity index (χ0) is 16.2. The lowest BCUT2D eigenvalue weighted by atomic mass is 9.92. The van der Waals surface area contributed by atoms with E-state index >= 15 is 0 Å². The summed E-state index contributed by atoms with van der Waals surface area (Å²) in [6.45, 7) is 1.55. The van der Waals surface area contributed by atoms with Gasteiger partial charge in [0.2, 0.25) is 5.91 Å². The van der Waals surface area contributed by atoms with Gasteiger partial charge < -0.3 is 15.7 Å². The highest BCUT2D eigenvalue weighted by atomic mass is 32.2. The number of thiophene rings is 1. The van der Waals surface area contributed by atoms with E-state index in [4.69, 9.17) is 0 Å². The van der Waals surface area contributed by atoms with Crippen LogP contribution in [-0.2, 0) is 9.59 Å². The Bertz CT molecular complexity index is 553. The fourth-order valence-corrected chi connectivity index (χ4v) is 4.01. The number of carbonyl (C=O) groups is 3. The number of carboxylic acids is 1. The van der Waals surface area contributed by atoms with Crippen molar-refractivity contribution in [2.45, 2.75) is 31.3 Å². The summed E-state index contributed by atoms with van der Waals surface area (Å²) < 4.78 is 0. The summed E-state index contributed by atoms with van der Waals surface area (Å²) in [7, 11) is 0. The largest absolute Gasteiger partial charge is 0.480 e. The van der Waals surface area contributed by atoms with Crippen LogP contribution in [-0.4, -0.2) is 46.0 Å². The first-order chi connectivity index (χ1) is 10.4. The number of amides is 2. The van der Waals surface area contributed by atoms with Crippen LogP contribution in [0.15, 0.2) is 17.5 Å². The van der Waals surface area contributed by atoms with E-state index in [-0.39, 0.29) is 5.91 Å². The molecule has 1 aromatic rings.